The normalized spacial score (nSPS) is 14.5. The average Bonchev–Trinajstić information content (AvgIpc) is 2.62. The van der Waals surface area contributed by atoms with E-state index in [0.29, 0.717) is 0 Å². The molecule has 0 bridgehead atoms. The lowest BCUT2D eigenvalue weighted by molar-refractivity contribution is 0.0532. The molecule has 1 heterocycles. The summed E-state index contributed by atoms with van der Waals surface area (Å²) in [5.41, 5.74) is -0.0964. The van der Waals surface area contributed by atoms with Crippen LogP contribution in [-0.2, 0) is 0 Å². The highest BCUT2D eigenvalue weighted by atomic mass is 19.1. The molecule has 0 N–H and O–H groups in total. The standard InChI is InChI=1S/C18H15F3N2O2/c19-13-3-1-2-12(10-13)17(24)22-6-8-23(9-7-22)18(25)15-11-14(20)4-5-16(15)21/h1-5,10-11H,6-9H2. The zero-order chi connectivity index (χ0) is 18.0. The molecule has 1 fully saturated rings. The number of halogens is 3. The molecule has 0 spiro atoms. The Morgan fingerprint density at radius 2 is 1.36 bits per heavy atom. The summed E-state index contributed by atoms with van der Waals surface area (Å²) in [6.45, 7) is 0.849. The number of hydrogen-bond donors (Lipinski definition) is 0. The Hall–Kier alpha value is -2.83. The fourth-order valence-electron chi connectivity index (χ4n) is 2.75. The molecule has 0 radical (unpaired) electrons. The Balaban J connectivity index is 1.66. The van der Waals surface area contributed by atoms with Gasteiger partial charge in [0.25, 0.3) is 11.8 Å². The summed E-state index contributed by atoms with van der Waals surface area (Å²) in [6.07, 6.45) is 0. The molecule has 3 rings (SSSR count). The Kier molecular flexibility index (Phi) is 4.74. The summed E-state index contributed by atoms with van der Waals surface area (Å²) in [6, 6.07) is 8.10. The third-order valence-corrected chi connectivity index (χ3v) is 4.08. The van der Waals surface area contributed by atoms with Gasteiger partial charge in [-0.15, -0.1) is 0 Å². The molecule has 0 atom stereocenters. The van der Waals surface area contributed by atoms with Crippen molar-refractivity contribution in [1.29, 1.82) is 0 Å². The summed E-state index contributed by atoms with van der Waals surface area (Å²) in [5, 5.41) is 0. The summed E-state index contributed by atoms with van der Waals surface area (Å²) < 4.78 is 40.2. The molecule has 1 aliphatic rings. The van der Waals surface area contributed by atoms with Crippen molar-refractivity contribution in [2.24, 2.45) is 0 Å². The Labute approximate surface area is 142 Å². The van der Waals surface area contributed by atoms with Gasteiger partial charge in [-0.05, 0) is 36.4 Å². The molecule has 4 nitrogen and oxygen atoms in total. The number of amides is 2. The van der Waals surface area contributed by atoms with Crippen molar-refractivity contribution in [3.63, 3.8) is 0 Å². The van der Waals surface area contributed by atoms with Gasteiger partial charge in [0.2, 0.25) is 0 Å². The Bertz CT molecular complexity index is 818. The number of carbonyl (C=O) groups excluding carboxylic acids is 2. The monoisotopic (exact) mass is 348 g/mol. The van der Waals surface area contributed by atoms with E-state index in [1.807, 2.05) is 0 Å². The van der Waals surface area contributed by atoms with Crippen molar-refractivity contribution >= 4 is 11.8 Å². The van der Waals surface area contributed by atoms with Crippen molar-refractivity contribution in [3.05, 3.63) is 71.0 Å². The van der Waals surface area contributed by atoms with E-state index in [2.05, 4.69) is 0 Å². The van der Waals surface area contributed by atoms with Crippen molar-refractivity contribution < 1.29 is 22.8 Å². The van der Waals surface area contributed by atoms with Crippen molar-refractivity contribution in [2.75, 3.05) is 26.2 Å². The minimum absolute atomic E-state index is 0.190. The van der Waals surface area contributed by atoms with E-state index in [1.54, 1.807) is 0 Å². The number of carbonyl (C=O) groups is 2. The van der Waals surface area contributed by atoms with Crippen LogP contribution in [0.15, 0.2) is 42.5 Å². The van der Waals surface area contributed by atoms with Crippen LogP contribution in [0.4, 0.5) is 13.2 Å². The topological polar surface area (TPSA) is 40.6 Å². The molecular weight excluding hydrogens is 333 g/mol. The maximum atomic E-state index is 13.7. The van der Waals surface area contributed by atoms with Crippen LogP contribution in [-0.4, -0.2) is 47.8 Å². The molecule has 0 saturated carbocycles. The zero-order valence-electron chi connectivity index (χ0n) is 13.2. The fraction of sp³-hybridized carbons (Fsp3) is 0.222. The largest absolute Gasteiger partial charge is 0.335 e. The Morgan fingerprint density at radius 1 is 0.760 bits per heavy atom. The van der Waals surface area contributed by atoms with Gasteiger partial charge in [0.05, 0.1) is 5.56 Å². The molecule has 0 unspecified atom stereocenters. The second kappa shape index (κ2) is 6.96. The number of benzene rings is 2. The predicted octanol–water partition coefficient (Wildman–Crippen LogP) is 2.70. The molecule has 1 saturated heterocycles. The first kappa shape index (κ1) is 17.0. The van der Waals surface area contributed by atoms with Crippen LogP contribution in [0.25, 0.3) is 0 Å². The van der Waals surface area contributed by atoms with Crippen molar-refractivity contribution in [2.45, 2.75) is 0 Å². The van der Waals surface area contributed by atoms with E-state index in [-0.39, 0.29) is 43.2 Å². The van der Waals surface area contributed by atoms with E-state index in [0.717, 1.165) is 24.3 Å². The molecular formula is C18H15F3N2O2. The summed E-state index contributed by atoms with van der Waals surface area (Å²) in [5.74, 6) is -2.92. The maximum absolute atomic E-state index is 13.7. The van der Waals surface area contributed by atoms with E-state index in [1.165, 1.54) is 28.0 Å². The highest BCUT2D eigenvalue weighted by molar-refractivity contribution is 5.96. The lowest BCUT2D eigenvalue weighted by Gasteiger charge is -2.35. The molecule has 1 aliphatic heterocycles. The SMILES string of the molecule is O=C(c1cccc(F)c1)N1CCN(C(=O)c2cc(F)ccc2F)CC1. The van der Waals surface area contributed by atoms with Gasteiger partial charge < -0.3 is 9.80 Å². The fourth-order valence-corrected chi connectivity index (χ4v) is 2.75. The third kappa shape index (κ3) is 3.65. The molecule has 130 valence electrons. The molecule has 25 heavy (non-hydrogen) atoms. The van der Waals surface area contributed by atoms with Gasteiger partial charge in [-0.25, -0.2) is 13.2 Å². The highest BCUT2D eigenvalue weighted by Crippen LogP contribution is 2.15. The van der Waals surface area contributed by atoms with E-state index < -0.39 is 23.4 Å². The van der Waals surface area contributed by atoms with Crippen LogP contribution in [0.3, 0.4) is 0 Å². The maximum Gasteiger partial charge on any atom is 0.257 e. The quantitative estimate of drug-likeness (QED) is 0.837. The molecule has 2 amide bonds. The van der Waals surface area contributed by atoms with E-state index >= 15 is 0 Å². The van der Waals surface area contributed by atoms with Crippen LogP contribution < -0.4 is 0 Å². The summed E-state index contributed by atoms with van der Waals surface area (Å²) in [7, 11) is 0. The third-order valence-electron chi connectivity index (χ3n) is 4.08. The highest BCUT2D eigenvalue weighted by Gasteiger charge is 2.27. The second-order valence-corrected chi connectivity index (χ2v) is 5.72. The first-order chi connectivity index (χ1) is 12.0. The van der Waals surface area contributed by atoms with Crippen LogP contribution in [0.5, 0.6) is 0 Å². The van der Waals surface area contributed by atoms with Gasteiger partial charge in [0.15, 0.2) is 0 Å². The van der Waals surface area contributed by atoms with E-state index in [4.69, 9.17) is 0 Å². The van der Waals surface area contributed by atoms with Gasteiger partial charge in [0, 0.05) is 31.7 Å². The van der Waals surface area contributed by atoms with Crippen LogP contribution in [0.1, 0.15) is 20.7 Å². The predicted molar refractivity (Wildman–Crippen MR) is 84.6 cm³/mol. The Morgan fingerprint density at radius 3 is 2.00 bits per heavy atom. The van der Waals surface area contributed by atoms with Crippen LogP contribution in [0.2, 0.25) is 0 Å². The van der Waals surface area contributed by atoms with Gasteiger partial charge in [-0.2, -0.15) is 0 Å². The minimum atomic E-state index is -0.787. The van der Waals surface area contributed by atoms with Gasteiger partial charge in [-0.1, -0.05) is 6.07 Å². The lowest BCUT2D eigenvalue weighted by Crippen LogP contribution is -2.50. The number of nitrogens with zero attached hydrogens (tertiary/aromatic N) is 2. The molecule has 2 aromatic rings. The first-order valence-electron chi connectivity index (χ1n) is 7.75. The smallest absolute Gasteiger partial charge is 0.257 e. The van der Waals surface area contributed by atoms with Crippen LogP contribution in [0, 0.1) is 17.5 Å². The average molecular weight is 348 g/mol. The number of piperazine rings is 1. The van der Waals surface area contributed by atoms with Crippen molar-refractivity contribution in [1.82, 2.24) is 9.80 Å². The minimum Gasteiger partial charge on any atom is -0.335 e. The second-order valence-electron chi connectivity index (χ2n) is 5.72. The zero-order valence-corrected chi connectivity index (χ0v) is 13.2. The number of hydrogen-bond acceptors (Lipinski definition) is 2. The number of rotatable bonds is 2. The van der Waals surface area contributed by atoms with Crippen molar-refractivity contribution in [3.8, 4) is 0 Å². The lowest BCUT2D eigenvalue weighted by atomic mass is 10.1. The van der Waals surface area contributed by atoms with Gasteiger partial charge in [-0.3, -0.25) is 9.59 Å². The first-order valence-corrected chi connectivity index (χ1v) is 7.75. The molecule has 0 aromatic heterocycles. The molecule has 2 aromatic carbocycles. The molecule has 7 heteroatoms. The van der Waals surface area contributed by atoms with Gasteiger partial charge >= 0.3 is 0 Å². The van der Waals surface area contributed by atoms with Crippen LogP contribution >= 0.6 is 0 Å². The van der Waals surface area contributed by atoms with Gasteiger partial charge in [0.1, 0.15) is 17.5 Å². The van der Waals surface area contributed by atoms with E-state index in [9.17, 15) is 22.8 Å². The summed E-state index contributed by atoms with van der Waals surface area (Å²) >= 11 is 0. The molecule has 0 aliphatic carbocycles. The summed E-state index contributed by atoms with van der Waals surface area (Å²) in [4.78, 5) is 27.5.